The number of anilines is 1. The Morgan fingerprint density at radius 2 is 1.82 bits per heavy atom. The zero-order valence-electron chi connectivity index (χ0n) is 15.5. The third-order valence-corrected chi connectivity index (χ3v) is 5.27. The average molecular weight is 374 g/mol. The summed E-state index contributed by atoms with van der Waals surface area (Å²) in [6.07, 6.45) is 6.44. The van der Waals surface area contributed by atoms with Crippen molar-refractivity contribution in [3.05, 3.63) is 72.3 Å². The Morgan fingerprint density at radius 1 is 1.00 bits per heavy atom. The number of hydrogen-bond acceptors (Lipinski definition) is 5. The number of halogens is 1. The zero-order chi connectivity index (χ0) is 19.1. The van der Waals surface area contributed by atoms with Gasteiger partial charge in [0.25, 0.3) is 0 Å². The molecular formula is C21H19FN6. The van der Waals surface area contributed by atoms with Crippen molar-refractivity contribution in [1.29, 1.82) is 0 Å². The molecule has 1 aromatic carbocycles. The fourth-order valence-electron chi connectivity index (χ4n) is 3.92. The van der Waals surface area contributed by atoms with Crippen molar-refractivity contribution in [3.8, 4) is 11.3 Å². The van der Waals surface area contributed by atoms with Crippen LogP contribution in [0.5, 0.6) is 0 Å². The Kier molecular flexibility index (Phi) is 4.00. The first-order chi connectivity index (χ1) is 13.7. The van der Waals surface area contributed by atoms with Crippen LogP contribution >= 0.6 is 0 Å². The summed E-state index contributed by atoms with van der Waals surface area (Å²) in [6, 6.07) is 10.5. The Bertz CT molecular complexity index is 1140. The number of imidazole rings is 1. The van der Waals surface area contributed by atoms with Crippen LogP contribution in [-0.4, -0.2) is 37.4 Å². The van der Waals surface area contributed by atoms with E-state index >= 15 is 0 Å². The van der Waals surface area contributed by atoms with E-state index in [9.17, 15) is 4.39 Å². The van der Waals surface area contributed by atoms with Crippen LogP contribution in [0.25, 0.3) is 17.0 Å². The maximum atomic E-state index is 13.3. The van der Waals surface area contributed by atoms with E-state index in [1.54, 1.807) is 24.5 Å². The van der Waals surface area contributed by atoms with Gasteiger partial charge in [0.15, 0.2) is 0 Å². The normalized spacial score (nSPS) is 16.8. The maximum absolute atomic E-state index is 13.3. The van der Waals surface area contributed by atoms with E-state index in [1.165, 1.54) is 12.1 Å². The second-order valence-electron chi connectivity index (χ2n) is 7.05. The Balaban J connectivity index is 1.53. The second-order valence-corrected chi connectivity index (χ2v) is 7.05. The largest absolute Gasteiger partial charge is 0.356 e. The van der Waals surface area contributed by atoms with Gasteiger partial charge in [-0.15, -0.1) is 0 Å². The highest BCUT2D eigenvalue weighted by Crippen LogP contribution is 2.32. The third-order valence-electron chi connectivity index (χ3n) is 5.27. The molecule has 1 atom stereocenters. The second kappa shape index (κ2) is 6.67. The van der Waals surface area contributed by atoms with Gasteiger partial charge in [0.2, 0.25) is 5.78 Å². The molecule has 1 fully saturated rings. The third kappa shape index (κ3) is 2.89. The number of aryl methyl sites for hydroxylation is 1. The molecular weight excluding hydrogens is 355 g/mol. The molecule has 0 bridgehead atoms. The van der Waals surface area contributed by atoms with Gasteiger partial charge >= 0.3 is 0 Å². The van der Waals surface area contributed by atoms with E-state index in [1.807, 2.05) is 19.2 Å². The first-order valence-electron chi connectivity index (χ1n) is 9.32. The van der Waals surface area contributed by atoms with Crippen molar-refractivity contribution in [2.75, 3.05) is 18.0 Å². The molecule has 28 heavy (non-hydrogen) atoms. The van der Waals surface area contributed by atoms with Crippen molar-refractivity contribution in [2.24, 2.45) is 0 Å². The summed E-state index contributed by atoms with van der Waals surface area (Å²) in [5, 5.41) is 0. The monoisotopic (exact) mass is 374 g/mol. The van der Waals surface area contributed by atoms with Crippen molar-refractivity contribution in [3.63, 3.8) is 0 Å². The summed E-state index contributed by atoms with van der Waals surface area (Å²) in [5.41, 5.74) is 3.01. The first-order valence-corrected chi connectivity index (χ1v) is 9.32. The van der Waals surface area contributed by atoms with Gasteiger partial charge in [0.05, 0.1) is 11.9 Å². The van der Waals surface area contributed by atoms with Crippen LogP contribution in [0.1, 0.15) is 23.9 Å². The lowest BCUT2D eigenvalue weighted by Gasteiger charge is -2.18. The molecule has 1 unspecified atom stereocenters. The summed E-state index contributed by atoms with van der Waals surface area (Å²) in [5.74, 6) is 2.48. The van der Waals surface area contributed by atoms with Gasteiger partial charge in [-0.2, -0.15) is 0 Å². The molecule has 0 N–H and O–H groups in total. The molecule has 1 saturated heterocycles. The van der Waals surface area contributed by atoms with E-state index in [0.29, 0.717) is 11.7 Å². The Hall–Kier alpha value is -3.35. The summed E-state index contributed by atoms with van der Waals surface area (Å²) in [6.45, 7) is 3.71. The molecule has 6 nitrogen and oxygen atoms in total. The molecule has 0 saturated carbocycles. The fraction of sp³-hybridized carbons (Fsp3) is 0.238. The van der Waals surface area contributed by atoms with Crippen molar-refractivity contribution < 1.29 is 4.39 Å². The molecule has 5 rings (SSSR count). The van der Waals surface area contributed by atoms with Crippen molar-refractivity contribution in [2.45, 2.75) is 19.3 Å². The van der Waals surface area contributed by atoms with Crippen LogP contribution in [0, 0.1) is 12.7 Å². The molecule has 3 aromatic heterocycles. The number of rotatable bonds is 3. The number of aromatic nitrogens is 5. The van der Waals surface area contributed by atoms with Gasteiger partial charge in [-0.25, -0.2) is 24.3 Å². The van der Waals surface area contributed by atoms with Gasteiger partial charge in [-0.3, -0.25) is 4.40 Å². The lowest BCUT2D eigenvalue weighted by atomic mass is 10.0. The maximum Gasteiger partial charge on any atom is 0.234 e. The van der Waals surface area contributed by atoms with E-state index in [-0.39, 0.29) is 5.82 Å². The Labute approximate surface area is 161 Å². The molecule has 1 aliphatic heterocycles. The molecule has 0 spiro atoms. The van der Waals surface area contributed by atoms with Crippen LogP contribution in [0.4, 0.5) is 10.2 Å². The van der Waals surface area contributed by atoms with E-state index in [4.69, 9.17) is 0 Å². The number of nitrogens with zero attached hydrogens (tertiary/aromatic N) is 6. The SMILES string of the molecule is Cc1nccc(N2CCC(c3ccnc4ncc(-c5ccc(F)cc5)n34)C2)n1. The fourth-order valence-corrected chi connectivity index (χ4v) is 3.92. The summed E-state index contributed by atoms with van der Waals surface area (Å²) in [4.78, 5) is 19.9. The predicted octanol–water partition coefficient (Wildman–Crippen LogP) is 3.63. The van der Waals surface area contributed by atoms with Crippen molar-refractivity contribution in [1.82, 2.24) is 24.3 Å². The standard InChI is InChI=1S/C21H19FN6/c1-14-23-10-7-20(26-14)27-11-8-16(13-27)18-6-9-24-21-25-12-19(28(18)21)15-2-4-17(22)5-3-15/h2-7,9-10,12,16H,8,11,13H2,1H3. The minimum atomic E-state index is -0.248. The highest BCUT2D eigenvalue weighted by molar-refractivity contribution is 5.63. The van der Waals surface area contributed by atoms with Crippen LogP contribution < -0.4 is 4.90 Å². The molecule has 0 amide bonds. The summed E-state index contributed by atoms with van der Waals surface area (Å²) in [7, 11) is 0. The molecule has 4 aromatic rings. The molecule has 0 aliphatic carbocycles. The van der Waals surface area contributed by atoms with Crippen LogP contribution in [0.2, 0.25) is 0 Å². The Morgan fingerprint density at radius 3 is 2.64 bits per heavy atom. The van der Waals surface area contributed by atoms with E-state index in [0.717, 1.165) is 48.1 Å². The quantitative estimate of drug-likeness (QED) is 0.548. The zero-order valence-corrected chi connectivity index (χ0v) is 15.5. The molecule has 7 heteroatoms. The smallest absolute Gasteiger partial charge is 0.234 e. The number of fused-ring (bicyclic) bond motifs is 1. The van der Waals surface area contributed by atoms with Crippen LogP contribution in [-0.2, 0) is 0 Å². The van der Waals surface area contributed by atoms with Crippen LogP contribution in [0.15, 0.2) is 55.0 Å². The van der Waals surface area contributed by atoms with E-state index < -0.39 is 0 Å². The van der Waals surface area contributed by atoms with Gasteiger partial charge in [0, 0.05) is 42.7 Å². The van der Waals surface area contributed by atoms with Gasteiger partial charge in [-0.1, -0.05) is 0 Å². The van der Waals surface area contributed by atoms with E-state index in [2.05, 4.69) is 35.3 Å². The molecule has 140 valence electrons. The minimum Gasteiger partial charge on any atom is -0.356 e. The number of benzene rings is 1. The van der Waals surface area contributed by atoms with Gasteiger partial charge in [-0.05, 0) is 49.7 Å². The first kappa shape index (κ1) is 16.8. The highest BCUT2D eigenvalue weighted by Gasteiger charge is 2.27. The van der Waals surface area contributed by atoms with Crippen molar-refractivity contribution >= 4 is 11.6 Å². The number of hydrogen-bond donors (Lipinski definition) is 0. The lowest BCUT2D eigenvalue weighted by Crippen LogP contribution is -2.21. The highest BCUT2D eigenvalue weighted by atomic mass is 19.1. The molecule has 1 aliphatic rings. The van der Waals surface area contributed by atoms with Gasteiger partial charge in [0.1, 0.15) is 17.5 Å². The summed E-state index contributed by atoms with van der Waals surface area (Å²) >= 11 is 0. The molecule has 4 heterocycles. The summed E-state index contributed by atoms with van der Waals surface area (Å²) < 4.78 is 15.4. The average Bonchev–Trinajstić information content (AvgIpc) is 3.36. The minimum absolute atomic E-state index is 0.248. The lowest BCUT2D eigenvalue weighted by molar-refractivity contribution is 0.628. The molecule has 0 radical (unpaired) electrons. The van der Waals surface area contributed by atoms with Crippen LogP contribution in [0.3, 0.4) is 0 Å². The predicted molar refractivity (Wildman–Crippen MR) is 105 cm³/mol. The van der Waals surface area contributed by atoms with Gasteiger partial charge < -0.3 is 4.90 Å². The topological polar surface area (TPSA) is 59.2 Å².